The number of aliphatic hydroxyl groups is 2. The van der Waals surface area contributed by atoms with Crippen molar-refractivity contribution in [2.75, 3.05) is 18.9 Å². The van der Waals surface area contributed by atoms with Crippen molar-refractivity contribution in [3.05, 3.63) is 16.1 Å². The minimum Gasteiger partial charge on any atom is -0.393 e. The molecule has 1 rings (SSSR count). The number of aromatic nitrogens is 1. The van der Waals surface area contributed by atoms with E-state index >= 15 is 0 Å². The molecule has 1 atom stereocenters. The fourth-order valence-corrected chi connectivity index (χ4v) is 2.80. The van der Waals surface area contributed by atoms with Crippen molar-refractivity contribution < 1.29 is 15.0 Å². The summed E-state index contributed by atoms with van der Waals surface area (Å²) in [7, 11) is 0. The fraction of sp³-hybridized carbons (Fsp3) is 0.667. The smallest absolute Gasteiger partial charge is 0.220 e. The number of carbonyl (C=O) groups is 1. The topological polar surface area (TPSA) is 82.5 Å². The molecular formula is C12H20N2O3S2. The quantitative estimate of drug-likeness (QED) is 0.623. The Labute approximate surface area is 121 Å². The van der Waals surface area contributed by atoms with Crippen LogP contribution in [0.15, 0.2) is 5.38 Å². The largest absolute Gasteiger partial charge is 0.393 e. The first-order chi connectivity index (χ1) is 8.93. The van der Waals surface area contributed by atoms with Crippen molar-refractivity contribution in [2.45, 2.75) is 31.6 Å². The molecule has 3 N–H and O–H groups in total. The van der Waals surface area contributed by atoms with Crippen molar-refractivity contribution in [1.82, 2.24) is 10.3 Å². The van der Waals surface area contributed by atoms with Crippen molar-refractivity contribution in [3.8, 4) is 0 Å². The van der Waals surface area contributed by atoms with Gasteiger partial charge in [0.1, 0.15) is 5.60 Å². The van der Waals surface area contributed by atoms with E-state index in [1.165, 1.54) is 6.92 Å². The lowest BCUT2D eigenvalue weighted by atomic mass is 10.1. The van der Waals surface area contributed by atoms with Gasteiger partial charge >= 0.3 is 0 Å². The number of aliphatic hydroxyl groups excluding tert-OH is 1. The van der Waals surface area contributed by atoms with Gasteiger partial charge in [-0.05, 0) is 13.8 Å². The minimum absolute atomic E-state index is 0.0677. The number of carbonyl (C=O) groups excluding carboxylic acids is 1. The van der Waals surface area contributed by atoms with E-state index in [1.54, 1.807) is 23.1 Å². The summed E-state index contributed by atoms with van der Waals surface area (Å²) in [6, 6.07) is 0. The number of thioether (sulfide) groups is 1. The maximum absolute atomic E-state index is 11.5. The highest BCUT2D eigenvalue weighted by molar-refractivity contribution is 7.98. The van der Waals surface area contributed by atoms with E-state index in [4.69, 9.17) is 5.11 Å². The predicted molar refractivity (Wildman–Crippen MR) is 78.3 cm³/mol. The Bertz CT molecular complexity index is 407. The summed E-state index contributed by atoms with van der Waals surface area (Å²) in [6.07, 6.45) is 0.398. The molecule has 0 aliphatic rings. The molecule has 19 heavy (non-hydrogen) atoms. The molecule has 1 amide bonds. The molecule has 1 heterocycles. The second-order valence-electron chi connectivity index (χ2n) is 4.59. The van der Waals surface area contributed by atoms with Crippen molar-refractivity contribution in [1.29, 1.82) is 0 Å². The molecule has 0 saturated heterocycles. The molecule has 0 aromatic carbocycles. The second kappa shape index (κ2) is 7.84. The summed E-state index contributed by atoms with van der Waals surface area (Å²) in [4.78, 5) is 15.8. The molecule has 0 aliphatic heterocycles. The monoisotopic (exact) mass is 304 g/mol. The van der Waals surface area contributed by atoms with Crippen LogP contribution in [0.1, 0.15) is 24.0 Å². The van der Waals surface area contributed by atoms with Crippen molar-refractivity contribution in [3.63, 3.8) is 0 Å². The summed E-state index contributed by atoms with van der Waals surface area (Å²) >= 11 is 3.29. The van der Waals surface area contributed by atoms with Crippen LogP contribution in [0.25, 0.3) is 0 Å². The molecule has 0 spiro atoms. The van der Waals surface area contributed by atoms with Crippen molar-refractivity contribution >= 4 is 29.0 Å². The zero-order valence-electron chi connectivity index (χ0n) is 11.2. The molecule has 0 fully saturated rings. The van der Waals surface area contributed by atoms with Crippen LogP contribution in [-0.2, 0) is 10.5 Å². The molecule has 7 heteroatoms. The number of hydrogen-bond donors (Lipinski definition) is 3. The van der Waals surface area contributed by atoms with Gasteiger partial charge in [-0.25, -0.2) is 4.98 Å². The number of rotatable bonds is 8. The van der Waals surface area contributed by atoms with Crippen LogP contribution in [-0.4, -0.2) is 45.6 Å². The zero-order valence-corrected chi connectivity index (χ0v) is 12.8. The molecule has 0 radical (unpaired) electrons. The number of nitrogens with one attached hydrogen (secondary N) is 1. The SMILES string of the molecule is Cc1nc(CSCCC(=O)NCC(C)(O)CO)cs1. The van der Waals surface area contributed by atoms with E-state index in [-0.39, 0.29) is 19.1 Å². The first-order valence-corrected chi connectivity index (χ1v) is 8.05. The van der Waals surface area contributed by atoms with Crippen LogP contribution in [0.3, 0.4) is 0 Å². The molecule has 0 saturated carbocycles. The minimum atomic E-state index is -1.25. The van der Waals surface area contributed by atoms with Gasteiger partial charge in [-0.1, -0.05) is 0 Å². The number of aryl methyl sites for hydroxylation is 1. The maximum atomic E-state index is 11.5. The van der Waals surface area contributed by atoms with Gasteiger partial charge in [-0.3, -0.25) is 4.79 Å². The van der Waals surface area contributed by atoms with E-state index in [2.05, 4.69) is 10.3 Å². The Balaban J connectivity index is 2.10. The van der Waals surface area contributed by atoms with Gasteiger partial charge in [0.05, 0.1) is 17.3 Å². The van der Waals surface area contributed by atoms with Gasteiger partial charge in [0.15, 0.2) is 0 Å². The van der Waals surface area contributed by atoms with E-state index in [9.17, 15) is 9.90 Å². The molecule has 1 aromatic heterocycles. The van der Waals surface area contributed by atoms with Gasteiger partial charge < -0.3 is 15.5 Å². The standard InChI is InChI=1S/C12H20N2O3S2/c1-9-14-10(6-19-9)5-18-4-3-11(16)13-7-12(2,17)8-15/h6,15,17H,3-5,7-8H2,1-2H3,(H,13,16). The summed E-state index contributed by atoms with van der Waals surface area (Å²) in [6.45, 7) is 3.15. The van der Waals surface area contributed by atoms with Gasteiger partial charge in [-0.15, -0.1) is 11.3 Å². The normalized spacial score (nSPS) is 14.1. The molecule has 108 valence electrons. The Hall–Kier alpha value is -0.630. The Morgan fingerprint density at radius 3 is 2.95 bits per heavy atom. The average Bonchev–Trinajstić information content (AvgIpc) is 2.78. The summed E-state index contributed by atoms with van der Waals surface area (Å²) in [5.74, 6) is 1.41. The van der Waals surface area contributed by atoms with Gasteiger partial charge in [0.2, 0.25) is 5.91 Å². The summed E-state index contributed by atoms with van der Waals surface area (Å²) in [5.41, 5.74) is -0.197. The first-order valence-electron chi connectivity index (χ1n) is 6.01. The highest BCUT2D eigenvalue weighted by Crippen LogP contribution is 2.15. The second-order valence-corrected chi connectivity index (χ2v) is 6.76. The lowest BCUT2D eigenvalue weighted by Gasteiger charge is -2.20. The lowest BCUT2D eigenvalue weighted by molar-refractivity contribution is -0.122. The summed E-state index contributed by atoms with van der Waals surface area (Å²) < 4.78 is 0. The van der Waals surface area contributed by atoms with Crippen LogP contribution in [0.2, 0.25) is 0 Å². The van der Waals surface area contributed by atoms with Crippen LogP contribution < -0.4 is 5.32 Å². The third-order valence-corrected chi connectivity index (χ3v) is 4.21. The van der Waals surface area contributed by atoms with E-state index in [0.29, 0.717) is 12.2 Å². The highest BCUT2D eigenvalue weighted by atomic mass is 32.2. The summed E-state index contributed by atoms with van der Waals surface area (Å²) in [5, 5.41) is 24.0. The van der Waals surface area contributed by atoms with Crippen LogP contribution >= 0.6 is 23.1 Å². The maximum Gasteiger partial charge on any atom is 0.220 e. The van der Waals surface area contributed by atoms with Gasteiger partial charge in [0, 0.05) is 29.9 Å². The van der Waals surface area contributed by atoms with Crippen LogP contribution in [0, 0.1) is 6.92 Å². The number of nitrogens with zero attached hydrogens (tertiary/aromatic N) is 1. The fourth-order valence-electron chi connectivity index (χ4n) is 1.25. The van der Waals surface area contributed by atoms with Gasteiger partial charge in [-0.2, -0.15) is 11.8 Å². The van der Waals surface area contributed by atoms with Crippen molar-refractivity contribution in [2.24, 2.45) is 0 Å². The van der Waals surface area contributed by atoms with Crippen LogP contribution in [0.4, 0.5) is 0 Å². The molecular weight excluding hydrogens is 284 g/mol. The number of hydrogen-bond acceptors (Lipinski definition) is 6. The lowest BCUT2D eigenvalue weighted by Crippen LogP contribution is -2.43. The first kappa shape index (κ1) is 16.4. The van der Waals surface area contributed by atoms with E-state index in [1.807, 2.05) is 12.3 Å². The van der Waals surface area contributed by atoms with E-state index < -0.39 is 5.60 Å². The highest BCUT2D eigenvalue weighted by Gasteiger charge is 2.19. The molecule has 1 aromatic rings. The van der Waals surface area contributed by atoms with Crippen LogP contribution in [0.5, 0.6) is 0 Å². The molecule has 0 aliphatic carbocycles. The van der Waals surface area contributed by atoms with E-state index in [0.717, 1.165) is 16.5 Å². The van der Waals surface area contributed by atoms with Gasteiger partial charge in [0.25, 0.3) is 0 Å². The Kier molecular flexibility index (Phi) is 6.78. The third-order valence-electron chi connectivity index (χ3n) is 2.40. The number of amides is 1. The molecule has 5 nitrogen and oxygen atoms in total. The number of thiazole rings is 1. The average molecular weight is 304 g/mol. The molecule has 0 bridgehead atoms. The Morgan fingerprint density at radius 1 is 1.63 bits per heavy atom. The predicted octanol–water partition coefficient (Wildman–Crippen LogP) is 0.934. The molecule has 1 unspecified atom stereocenters. The zero-order chi connectivity index (χ0) is 14.3. The Morgan fingerprint density at radius 2 is 2.37 bits per heavy atom. The third kappa shape index (κ3) is 6.91.